The topological polar surface area (TPSA) is 86.4 Å². The van der Waals surface area contributed by atoms with E-state index < -0.39 is 10.0 Å². The predicted molar refractivity (Wildman–Crippen MR) is 111 cm³/mol. The number of nitrogens with one attached hydrogen (secondary N) is 1. The summed E-state index contributed by atoms with van der Waals surface area (Å²) in [5, 5.41) is 7.82. The number of hydrogen-bond donors (Lipinski definition) is 1. The molecule has 1 amide bonds. The highest BCUT2D eigenvalue weighted by Gasteiger charge is 2.33. The zero-order valence-electron chi connectivity index (χ0n) is 16.8. The molecule has 0 spiro atoms. The maximum atomic E-state index is 13.2. The first-order chi connectivity index (χ1) is 13.8. The summed E-state index contributed by atoms with van der Waals surface area (Å²) in [5.74, 6) is -0.179. The van der Waals surface area contributed by atoms with Crippen molar-refractivity contribution in [3.05, 3.63) is 58.8 Å². The first-order valence-corrected chi connectivity index (χ1v) is 11.0. The maximum absolute atomic E-state index is 13.2. The fraction of sp³-hybridized carbons (Fsp3) is 0.333. The van der Waals surface area contributed by atoms with Gasteiger partial charge in [0.15, 0.2) is 5.69 Å². The van der Waals surface area contributed by atoms with Crippen molar-refractivity contribution >= 4 is 26.8 Å². The molecule has 7 nitrogen and oxygen atoms in total. The van der Waals surface area contributed by atoms with Crippen molar-refractivity contribution < 1.29 is 13.2 Å². The molecule has 0 saturated carbocycles. The molecule has 2 heterocycles. The van der Waals surface area contributed by atoms with Gasteiger partial charge in [-0.1, -0.05) is 35.9 Å². The van der Waals surface area contributed by atoms with Gasteiger partial charge in [0.05, 0.1) is 10.4 Å². The summed E-state index contributed by atoms with van der Waals surface area (Å²) in [5.41, 5.74) is 3.73. The van der Waals surface area contributed by atoms with Gasteiger partial charge in [-0.2, -0.15) is 9.40 Å². The standard InChI is InChI=1S/C21H24N4O3S/c1-14-12-15(2)20(16(3)13-14)29(27,28)25-10-8-24(9-11-25)21(26)19-17-6-4-5-7-18(17)22-23-19/h4-7,12-13H,8-11H2,1-3H3,(H,22,23). The fourth-order valence-corrected chi connectivity index (χ4v) is 5.94. The number of fused-ring (bicyclic) bond motifs is 1. The lowest BCUT2D eigenvalue weighted by Gasteiger charge is -2.34. The van der Waals surface area contributed by atoms with Gasteiger partial charge in [-0.3, -0.25) is 9.89 Å². The quantitative estimate of drug-likeness (QED) is 0.717. The van der Waals surface area contributed by atoms with Crippen molar-refractivity contribution in [1.29, 1.82) is 0 Å². The SMILES string of the molecule is Cc1cc(C)c(S(=O)(=O)N2CCN(C(=O)c3n[nH]c4ccccc34)CC2)c(C)c1. The van der Waals surface area contributed by atoms with E-state index in [4.69, 9.17) is 0 Å². The lowest BCUT2D eigenvalue weighted by Crippen LogP contribution is -2.50. The Hall–Kier alpha value is -2.71. The molecular weight excluding hydrogens is 388 g/mol. The number of benzene rings is 2. The van der Waals surface area contributed by atoms with E-state index >= 15 is 0 Å². The number of amides is 1. The van der Waals surface area contributed by atoms with Crippen LogP contribution in [0.4, 0.5) is 0 Å². The highest BCUT2D eigenvalue weighted by Crippen LogP contribution is 2.26. The molecule has 1 aliphatic heterocycles. The Balaban J connectivity index is 1.53. The van der Waals surface area contributed by atoms with Crippen molar-refractivity contribution in [1.82, 2.24) is 19.4 Å². The Labute approximate surface area is 170 Å². The molecule has 1 saturated heterocycles. The van der Waals surface area contributed by atoms with Crippen molar-refractivity contribution in [3.63, 3.8) is 0 Å². The van der Waals surface area contributed by atoms with E-state index in [-0.39, 0.29) is 19.0 Å². The smallest absolute Gasteiger partial charge is 0.275 e. The van der Waals surface area contributed by atoms with E-state index in [2.05, 4.69) is 10.2 Å². The van der Waals surface area contributed by atoms with Gasteiger partial charge in [-0.15, -0.1) is 0 Å². The first-order valence-electron chi connectivity index (χ1n) is 9.59. The molecule has 0 aliphatic carbocycles. The number of carbonyl (C=O) groups is 1. The molecule has 1 aromatic heterocycles. The molecule has 3 aromatic rings. The average molecular weight is 413 g/mol. The summed E-state index contributed by atoms with van der Waals surface area (Å²) in [6, 6.07) is 11.3. The van der Waals surface area contributed by atoms with Crippen LogP contribution in [0.1, 0.15) is 27.2 Å². The first kappa shape index (κ1) is 19.6. The minimum absolute atomic E-state index is 0.179. The molecule has 0 bridgehead atoms. The van der Waals surface area contributed by atoms with Crippen LogP contribution in [-0.2, 0) is 10.0 Å². The van der Waals surface area contributed by atoms with Gasteiger partial charge in [-0.05, 0) is 38.0 Å². The molecule has 1 fully saturated rings. The van der Waals surface area contributed by atoms with Gasteiger partial charge in [-0.25, -0.2) is 8.42 Å². The molecule has 1 aliphatic rings. The van der Waals surface area contributed by atoms with Crippen LogP contribution in [-0.4, -0.2) is 59.9 Å². The fourth-order valence-electron chi connectivity index (χ4n) is 4.11. The molecule has 2 aromatic carbocycles. The van der Waals surface area contributed by atoms with Crippen LogP contribution in [0.3, 0.4) is 0 Å². The summed E-state index contributed by atoms with van der Waals surface area (Å²) in [7, 11) is -3.60. The largest absolute Gasteiger partial charge is 0.335 e. The van der Waals surface area contributed by atoms with Gasteiger partial charge in [0.25, 0.3) is 5.91 Å². The van der Waals surface area contributed by atoms with E-state index in [9.17, 15) is 13.2 Å². The number of piperazine rings is 1. The normalized spacial score (nSPS) is 15.8. The molecule has 0 atom stereocenters. The number of nitrogens with zero attached hydrogens (tertiary/aromatic N) is 3. The summed E-state index contributed by atoms with van der Waals surface area (Å²) in [6.07, 6.45) is 0. The number of carbonyl (C=O) groups excluding carboxylic acids is 1. The van der Waals surface area contributed by atoms with E-state index in [0.29, 0.717) is 23.7 Å². The summed E-state index contributed by atoms with van der Waals surface area (Å²) < 4.78 is 27.9. The Bertz CT molecular complexity index is 1170. The number of aromatic amines is 1. The number of rotatable bonds is 3. The third-order valence-electron chi connectivity index (χ3n) is 5.40. The lowest BCUT2D eigenvalue weighted by molar-refractivity contribution is 0.0694. The number of para-hydroxylation sites is 1. The second-order valence-electron chi connectivity index (χ2n) is 7.54. The molecule has 0 unspecified atom stereocenters. The van der Waals surface area contributed by atoms with Crippen LogP contribution in [0.15, 0.2) is 41.3 Å². The summed E-state index contributed by atoms with van der Waals surface area (Å²) in [6.45, 7) is 6.82. The molecule has 0 radical (unpaired) electrons. The monoisotopic (exact) mass is 412 g/mol. The van der Waals surface area contributed by atoms with Crippen molar-refractivity contribution in [2.24, 2.45) is 0 Å². The second-order valence-corrected chi connectivity index (χ2v) is 9.42. The van der Waals surface area contributed by atoms with Crippen LogP contribution >= 0.6 is 0 Å². The van der Waals surface area contributed by atoms with Crippen LogP contribution in [0, 0.1) is 20.8 Å². The maximum Gasteiger partial charge on any atom is 0.275 e. The van der Waals surface area contributed by atoms with Crippen LogP contribution < -0.4 is 0 Å². The molecule has 8 heteroatoms. The molecular formula is C21H24N4O3S. The highest BCUT2D eigenvalue weighted by atomic mass is 32.2. The predicted octanol–water partition coefficient (Wildman–Crippen LogP) is 2.63. The Morgan fingerprint density at radius 2 is 1.62 bits per heavy atom. The number of aromatic nitrogens is 2. The second kappa shape index (κ2) is 7.27. The molecule has 4 rings (SSSR count). The van der Waals surface area contributed by atoms with Crippen LogP contribution in [0.2, 0.25) is 0 Å². The van der Waals surface area contributed by atoms with Crippen molar-refractivity contribution in [2.75, 3.05) is 26.2 Å². The molecule has 152 valence electrons. The minimum atomic E-state index is -3.60. The number of hydrogen-bond acceptors (Lipinski definition) is 4. The molecule has 1 N–H and O–H groups in total. The highest BCUT2D eigenvalue weighted by molar-refractivity contribution is 7.89. The third kappa shape index (κ3) is 3.42. The average Bonchev–Trinajstić information content (AvgIpc) is 3.10. The Morgan fingerprint density at radius 3 is 2.28 bits per heavy atom. The minimum Gasteiger partial charge on any atom is -0.335 e. The van der Waals surface area contributed by atoms with E-state index in [1.165, 1.54) is 4.31 Å². The van der Waals surface area contributed by atoms with E-state index in [1.807, 2.05) is 57.2 Å². The van der Waals surface area contributed by atoms with Gasteiger partial charge < -0.3 is 4.90 Å². The lowest BCUT2D eigenvalue weighted by atomic mass is 10.1. The van der Waals surface area contributed by atoms with Gasteiger partial charge in [0.2, 0.25) is 10.0 Å². The van der Waals surface area contributed by atoms with Crippen molar-refractivity contribution in [3.8, 4) is 0 Å². The number of sulfonamides is 1. The summed E-state index contributed by atoms with van der Waals surface area (Å²) in [4.78, 5) is 15.0. The Kier molecular flexibility index (Phi) is 4.92. The summed E-state index contributed by atoms with van der Waals surface area (Å²) >= 11 is 0. The number of aryl methyl sites for hydroxylation is 3. The molecule has 29 heavy (non-hydrogen) atoms. The zero-order chi connectivity index (χ0) is 20.8. The van der Waals surface area contributed by atoms with E-state index in [0.717, 1.165) is 27.6 Å². The third-order valence-corrected chi connectivity index (χ3v) is 7.61. The zero-order valence-corrected chi connectivity index (χ0v) is 17.6. The van der Waals surface area contributed by atoms with E-state index in [1.54, 1.807) is 4.90 Å². The van der Waals surface area contributed by atoms with Crippen LogP contribution in [0.5, 0.6) is 0 Å². The van der Waals surface area contributed by atoms with Gasteiger partial charge in [0.1, 0.15) is 0 Å². The van der Waals surface area contributed by atoms with Crippen molar-refractivity contribution in [2.45, 2.75) is 25.7 Å². The Morgan fingerprint density at radius 1 is 1.00 bits per heavy atom. The number of H-pyrrole nitrogens is 1. The van der Waals surface area contributed by atoms with Crippen LogP contribution in [0.25, 0.3) is 10.9 Å². The van der Waals surface area contributed by atoms with Gasteiger partial charge >= 0.3 is 0 Å². The van der Waals surface area contributed by atoms with Gasteiger partial charge in [0, 0.05) is 31.6 Å².